The highest BCUT2D eigenvalue weighted by Gasteiger charge is 2.26. The van der Waals surface area contributed by atoms with Crippen LogP contribution in [0.15, 0.2) is 15.2 Å². The molecule has 1 atom stereocenters. The highest BCUT2D eigenvalue weighted by molar-refractivity contribution is 9.11. The molecule has 2 heterocycles. The lowest BCUT2D eigenvalue weighted by Crippen LogP contribution is -2.28. The van der Waals surface area contributed by atoms with E-state index in [0.717, 1.165) is 28.9 Å². The van der Waals surface area contributed by atoms with Crippen LogP contribution in [0.5, 0.6) is 0 Å². The largest absolute Gasteiger partial charge is 0.337 e. The molecular formula is C10H12BrNOS2. The average Bonchev–Trinajstić information content (AvgIpc) is 2.84. The number of thioether (sulfide) groups is 1. The monoisotopic (exact) mass is 305 g/mol. The van der Waals surface area contributed by atoms with Crippen molar-refractivity contribution in [1.82, 2.24) is 4.90 Å². The van der Waals surface area contributed by atoms with E-state index in [1.807, 2.05) is 28.1 Å². The number of nitrogens with zero attached hydrogens (tertiary/aromatic N) is 1. The van der Waals surface area contributed by atoms with Gasteiger partial charge in [-0.2, -0.15) is 11.8 Å². The third-order valence-corrected chi connectivity index (χ3v) is 5.14. The minimum absolute atomic E-state index is 0.175. The quantitative estimate of drug-likeness (QED) is 0.837. The van der Waals surface area contributed by atoms with Gasteiger partial charge in [0.1, 0.15) is 0 Å². The fourth-order valence-corrected chi connectivity index (χ4v) is 3.51. The van der Waals surface area contributed by atoms with Crippen LogP contribution in [0.2, 0.25) is 0 Å². The number of halogens is 1. The summed E-state index contributed by atoms with van der Waals surface area (Å²) in [5, 5.41) is 2.54. The molecule has 0 aromatic carbocycles. The number of likely N-dealkylation sites (tertiary alicyclic amines) is 1. The zero-order valence-electron chi connectivity index (χ0n) is 8.40. The molecule has 2 rings (SSSR count). The molecule has 0 bridgehead atoms. The van der Waals surface area contributed by atoms with Crippen LogP contribution in [0.3, 0.4) is 0 Å². The molecule has 1 aliphatic heterocycles. The van der Waals surface area contributed by atoms with Gasteiger partial charge >= 0.3 is 0 Å². The van der Waals surface area contributed by atoms with Crippen molar-refractivity contribution >= 4 is 44.9 Å². The van der Waals surface area contributed by atoms with E-state index >= 15 is 0 Å². The van der Waals surface area contributed by atoms with Crippen LogP contribution in [0, 0.1) is 0 Å². The van der Waals surface area contributed by atoms with Crippen molar-refractivity contribution in [1.29, 1.82) is 0 Å². The van der Waals surface area contributed by atoms with Crippen LogP contribution in [-0.2, 0) is 0 Å². The summed E-state index contributed by atoms with van der Waals surface area (Å²) in [4.78, 5) is 14.0. The Morgan fingerprint density at radius 3 is 3.07 bits per heavy atom. The summed E-state index contributed by atoms with van der Waals surface area (Å²) in [6.45, 7) is 1.80. The predicted octanol–water partition coefficient (Wildman–Crippen LogP) is 3.09. The van der Waals surface area contributed by atoms with Crippen molar-refractivity contribution in [3.63, 3.8) is 0 Å². The van der Waals surface area contributed by atoms with Gasteiger partial charge in [-0.15, -0.1) is 11.3 Å². The number of carbonyl (C=O) groups is 1. The van der Waals surface area contributed by atoms with Crippen LogP contribution in [0.25, 0.3) is 0 Å². The summed E-state index contributed by atoms with van der Waals surface area (Å²) in [7, 11) is 0. The van der Waals surface area contributed by atoms with Gasteiger partial charge in [-0.05, 0) is 34.7 Å². The van der Waals surface area contributed by atoms with Crippen molar-refractivity contribution in [2.45, 2.75) is 11.7 Å². The van der Waals surface area contributed by atoms with E-state index in [1.165, 1.54) is 0 Å². The van der Waals surface area contributed by atoms with Gasteiger partial charge in [-0.3, -0.25) is 4.79 Å². The first-order valence-corrected chi connectivity index (χ1v) is 7.73. The first-order valence-electron chi connectivity index (χ1n) is 4.77. The molecule has 1 aromatic heterocycles. The average molecular weight is 306 g/mol. The van der Waals surface area contributed by atoms with Crippen molar-refractivity contribution < 1.29 is 4.79 Å². The van der Waals surface area contributed by atoms with Gasteiger partial charge in [0.25, 0.3) is 5.91 Å². The van der Waals surface area contributed by atoms with Gasteiger partial charge in [0.05, 0.1) is 9.35 Å². The normalized spacial score (nSPS) is 20.9. The van der Waals surface area contributed by atoms with Crippen LogP contribution in [0.1, 0.15) is 16.8 Å². The van der Waals surface area contributed by atoms with Crippen molar-refractivity contribution in [2.75, 3.05) is 19.3 Å². The lowest BCUT2D eigenvalue weighted by Gasteiger charge is -2.14. The number of rotatable bonds is 2. The lowest BCUT2D eigenvalue weighted by molar-refractivity contribution is 0.0794. The zero-order valence-corrected chi connectivity index (χ0v) is 11.6. The third kappa shape index (κ3) is 2.57. The van der Waals surface area contributed by atoms with Gasteiger partial charge in [-0.1, -0.05) is 0 Å². The summed E-state index contributed by atoms with van der Waals surface area (Å²) >= 11 is 6.79. The van der Waals surface area contributed by atoms with E-state index in [1.54, 1.807) is 11.3 Å². The maximum Gasteiger partial charge on any atom is 0.254 e. The molecule has 2 nitrogen and oxygen atoms in total. The van der Waals surface area contributed by atoms with E-state index in [2.05, 4.69) is 22.2 Å². The minimum Gasteiger partial charge on any atom is -0.337 e. The Bertz CT molecular complexity index is 366. The maximum absolute atomic E-state index is 12.0. The second-order valence-corrected chi connectivity index (χ2v) is 6.97. The Balaban J connectivity index is 2.03. The van der Waals surface area contributed by atoms with Crippen molar-refractivity contribution in [3.05, 3.63) is 20.8 Å². The van der Waals surface area contributed by atoms with Gasteiger partial charge < -0.3 is 4.90 Å². The highest BCUT2D eigenvalue weighted by Crippen LogP contribution is 2.25. The maximum atomic E-state index is 12.0. The first-order chi connectivity index (χ1) is 7.20. The lowest BCUT2D eigenvalue weighted by atomic mass is 10.3. The van der Waals surface area contributed by atoms with E-state index < -0.39 is 0 Å². The highest BCUT2D eigenvalue weighted by atomic mass is 79.9. The number of hydrogen-bond acceptors (Lipinski definition) is 3. The summed E-state index contributed by atoms with van der Waals surface area (Å²) < 4.78 is 1.02. The van der Waals surface area contributed by atoms with Crippen LogP contribution >= 0.6 is 39.0 Å². The van der Waals surface area contributed by atoms with Gasteiger partial charge in [0.15, 0.2) is 0 Å². The molecule has 0 saturated carbocycles. The van der Waals surface area contributed by atoms with E-state index in [9.17, 15) is 4.79 Å². The molecule has 1 fully saturated rings. The molecule has 15 heavy (non-hydrogen) atoms. The fraction of sp³-hybridized carbons (Fsp3) is 0.500. The van der Waals surface area contributed by atoms with Gasteiger partial charge in [-0.25, -0.2) is 0 Å². The fourth-order valence-electron chi connectivity index (χ4n) is 1.71. The van der Waals surface area contributed by atoms with Crippen LogP contribution < -0.4 is 0 Å². The second-order valence-electron chi connectivity index (χ2n) is 3.54. The number of thiophene rings is 1. The summed E-state index contributed by atoms with van der Waals surface area (Å²) in [6.07, 6.45) is 3.23. The molecule has 1 amide bonds. The number of carbonyl (C=O) groups excluding carboxylic acids is 1. The zero-order chi connectivity index (χ0) is 10.8. The second kappa shape index (κ2) is 4.89. The Kier molecular flexibility index (Phi) is 3.74. The summed E-state index contributed by atoms with van der Waals surface area (Å²) in [6, 6.07) is 1.90. The molecular weight excluding hydrogens is 294 g/mol. The minimum atomic E-state index is 0.175. The molecule has 1 unspecified atom stereocenters. The number of hydrogen-bond donors (Lipinski definition) is 0. The van der Waals surface area contributed by atoms with E-state index in [0.29, 0.717) is 5.25 Å². The molecule has 1 saturated heterocycles. The first kappa shape index (κ1) is 11.5. The van der Waals surface area contributed by atoms with E-state index in [-0.39, 0.29) is 5.91 Å². The number of amides is 1. The Hall–Kier alpha value is -0.000000000000000111. The smallest absolute Gasteiger partial charge is 0.254 e. The predicted molar refractivity (Wildman–Crippen MR) is 69.8 cm³/mol. The molecule has 0 spiro atoms. The molecule has 1 aromatic rings. The standard InChI is InChI=1S/C10H12BrNOS2/c1-14-8-2-3-12(5-8)10(13)7-4-9(11)15-6-7/h4,6,8H,2-3,5H2,1H3. The van der Waals surface area contributed by atoms with Gasteiger partial charge in [0.2, 0.25) is 0 Å². The van der Waals surface area contributed by atoms with Crippen molar-refractivity contribution in [3.8, 4) is 0 Å². The summed E-state index contributed by atoms with van der Waals surface area (Å²) in [5.74, 6) is 0.175. The third-order valence-electron chi connectivity index (χ3n) is 2.58. The summed E-state index contributed by atoms with van der Waals surface area (Å²) in [5.41, 5.74) is 0.814. The molecule has 0 N–H and O–H groups in total. The topological polar surface area (TPSA) is 20.3 Å². The Morgan fingerprint density at radius 2 is 2.53 bits per heavy atom. The van der Waals surface area contributed by atoms with Crippen molar-refractivity contribution in [2.24, 2.45) is 0 Å². The van der Waals surface area contributed by atoms with Gasteiger partial charge in [0, 0.05) is 23.7 Å². The molecule has 0 aliphatic carbocycles. The SMILES string of the molecule is CSC1CCN(C(=O)c2csc(Br)c2)C1. The van der Waals surface area contributed by atoms with E-state index in [4.69, 9.17) is 0 Å². The molecule has 82 valence electrons. The van der Waals surface area contributed by atoms with Crippen LogP contribution in [0.4, 0.5) is 0 Å². The van der Waals surface area contributed by atoms with Crippen LogP contribution in [-0.4, -0.2) is 35.4 Å². The Morgan fingerprint density at radius 1 is 1.73 bits per heavy atom. The molecule has 1 aliphatic rings. The Labute approximate surface area is 106 Å². The molecule has 0 radical (unpaired) electrons. The molecule has 5 heteroatoms.